The maximum absolute atomic E-state index is 13.5. The van der Waals surface area contributed by atoms with Crippen LogP contribution in [0.15, 0.2) is 36.4 Å². The molecule has 2 aromatic carbocycles. The van der Waals surface area contributed by atoms with Crippen LogP contribution >= 0.6 is 11.6 Å². The van der Waals surface area contributed by atoms with Gasteiger partial charge in [-0.05, 0) is 29.3 Å². The molecule has 0 saturated carbocycles. The van der Waals surface area contributed by atoms with Gasteiger partial charge < -0.3 is 5.73 Å². The number of benzene rings is 2. The fraction of sp³-hybridized carbons (Fsp3) is 0.0769. The Hall–Kier alpha value is -1.45. The van der Waals surface area contributed by atoms with Gasteiger partial charge in [0.1, 0.15) is 11.6 Å². The van der Waals surface area contributed by atoms with Crippen LogP contribution in [-0.4, -0.2) is 0 Å². The molecule has 0 aliphatic heterocycles. The highest BCUT2D eigenvalue weighted by Gasteiger charge is 2.08. The van der Waals surface area contributed by atoms with Crippen molar-refractivity contribution in [2.75, 3.05) is 0 Å². The summed E-state index contributed by atoms with van der Waals surface area (Å²) in [6, 6.07) is 8.52. The van der Waals surface area contributed by atoms with Crippen LogP contribution in [0.4, 0.5) is 8.78 Å². The SMILES string of the molecule is NCc1ccc(-c2ccc(F)cc2F)cc1Cl. The van der Waals surface area contributed by atoms with E-state index in [4.69, 9.17) is 17.3 Å². The Kier molecular flexibility index (Phi) is 3.41. The third-order valence-electron chi connectivity index (χ3n) is 2.52. The summed E-state index contributed by atoms with van der Waals surface area (Å²) in [6.45, 7) is 0.324. The number of nitrogens with two attached hydrogens (primary N) is 1. The van der Waals surface area contributed by atoms with Gasteiger partial charge in [-0.1, -0.05) is 23.7 Å². The van der Waals surface area contributed by atoms with Crippen LogP contribution in [0.1, 0.15) is 5.56 Å². The smallest absolute Gasteiger partial charge is 0.133 e. The average molecular weight is 254 g/mol. The minimum Gasteiger partial charge on any atom is -0.326 e. The van der Waals surface area contributed by atoms with Crippen molar-refractivity contribution in [2.45, 2.75) is 6.54 Å². The minimum atomic E-state index is -0.610. The van der Waals surface area contributed by atoms with E-state index < -0.39 is 11.6 Å². The molecule has 2 rings (SSSR count). The summed E-state index contributed by atoms with van der Waals surface area (Å²) in [4.78, 5) is 0. The molecular weight excluding hydrogens is 244 g/mol. The number of halogens is 3. The lowest BCUT2D eigenvalue weighted by atomic mass is 10.0. The fourth-order valence-corrected chi connectivity index (χ4v) is 1.86. The molecule has 4 heteroatoms. The lowest BCUT2D eigenvalue weighted by Crippen LogP contribution is -1.97. The molecule has 0 aromatic heterocycles. The maximum atomic E-state index is 13.5. The molecule has 88 valence electrons. The van der Waals surface area contributed by atoms with Gasteiger partial charge in [0.25, 0.3) is 0 Å². The van der Waals surface area contributed by atoms with Crippen LogP contribution in [0.25, 0.3) is 11.1 Å². The summed E-state index contributed by atoms with van der Waals surface area (Å²) in [5, 5.41) is 0.480. The van der Waals surface area contributed by atoms with Crippen LogP contribution in [0, 0.1) is 11.6 Å². The maximum Gasteiger partial charge on any atom is 0.133 e. The summed E-state index contributed by atoms with van der Waals surface area (Å²) < 4.78 is 26.3. The largest absolute Gasteiger partial charge is 0.326 e. The molecule has 0 heterocycles. The summed E-state index contributed by atoms with van der Waals surface area (Å²) in [6.07, 6.45) is 0. The van der Waals surface area contributed by atoms with Crippen molar-refractivity contribution >= 4 is 11.6 Å². The lowest BCUT2D eigenvalue weighted by Gasteiger charge is -2.07. The van der Waals surface area contributed by atoms with Gasteiger partial charge in [0.05, 0.1) is 0 Å². The monoisotopic (exact) mass is 253 g/mol. The molecule has 0 fully saturated rings. The van der Waals surface area contributed by atoms with Gasteiger partial charge in [-0.15, -0.1) is 0 Å². The molecule has 0 radical (unpaired) electrons. The van der Waals surface area contributed by atoms with E-state index >= 15 is 0 Å². The van der Waals surface area contributed by atoms with E-state index in [1.807, 2.05) is 0 Å². The van der Waals surface area contributed by atoms with Gasteiger partial charge in [0.2, 0.25) is 0 Å². The van der Waals surface area contributed by atoms with Gasteiger partial charge in [-0.25, -0.2) is 8.78 Å². The number of hydrogen-bond donors (Lipinski definition) is 1. The van der Waals surface area contributed by atoms with E-state index in [9.17, 15) is 8.78 Å². The second-order valence-corrected chi connectivity index (χ2v) is 4.04. The highest BCUT2D eigenvalue weighted by Crippen LogP contribution is 2.27. The van der Waals surface area contributed by atoms with Crippen LogP contribution in [0.3, 0.4) is 0 Å². The van der Waals surface area contributed by atoms with Gasteiger partial charge in [0.15, 0.2) is 0 Å². The Bertz CT molecular complexity index is 555. The Morgan fingerprint density at radius 2 is 1.82 bits per heavy atom. The average Bonchev–Trinajstić information content (AvgIpc) is 2.29. The summed E-state index contributed by atoms with van der Waals surface area (Å²) in [7, 11) is 0. The quantitative estimate of drug-likeness (QED) is 0.867. The van der Waals surface area contributed by atoms with Crippen LogP contribution in [-0.2, 0) is 6.54 Å². The highest BCUT2D eigenvalue weighted by atomic mass is 35.5. The topological polar surface area (TPSA) is 26.0 Å². The molecule has 0 bridgehead atoms. The van der Waals surface area contributed by atoms with Crippen molar-refractivity contribution in [1.82, 2.24) is 0 Å². The van der Waals surface area contributed by atoms with Crippen molar-refractivity contribution in [3.63, 3.8) is 0 Å². The standard InChI is InChI=1S/C13H10ClF2N/c14-12-5-8(1-2-9(12)7-17)11-4-3-10(15)6-13(11)16/h1-6H,7,17H2. The first-order valence-electron chi connectivity index (χ1n) is 5.05. The van der Waals surface area contributed by atoms with Crippen LogP contribution in [0.2, 0.25) is 5.02 Å². The Balaban J connectivity index is 2.50. The van der Waals surface area contributed by atoms with Gasteiger partial charge in [0, 0.05) is 23.2 Å². The molecule has 0 aliphatic rings. The molecular formula is C13H10ClF2N. The first kappa shape index (κ1) is 12.0. The molecule has 0 amide bonds. The second-order valence-electron chi connectivity index (χ2n) is 3.63. The Morgan fingerprint density at radius 1 is 1.06 bits per heavy atom. The van der Waals surface area contributed by atoms with Crippen LogP contribution < -0.4 is 5.73 Å². The molecule has 0 atom stereocenters. The molecule has 1 nitrogen and oxygen atoms in total. The molecule has 2 aromatic rings. The van der Waals surface area contributed by atoms with Crippen molar-refractivity contribution in [1.29, 1.82) is 0 Å². The molecule has 17 heavy (non-hydrogen) atoms. The van der Waals surface area contributed by atoms with E-state index in [-0.39, 0.29) is 0 Å². The molecule has 2 N–H and O–H groups in total. The Morgan fingerprint density at radius 3 is 2.41 bits per heavy atom. The third-order valence-corrected chi connectivity index (χ3v) is 2.87. The highest BCUT2D eigenvalue weighted by molar-refractivity contribution is 6.31. The van der Waals surface area contributed by atoms with Crippen LogP contribution in [0.5, 0.6) is 0 Å². The first-order chi connectivity index (χ1) is 8.11. The second kappa shape index (κ2) is 4.82. The molecule has 0 spiro atoms. The predicted molar refractivity (Wildman–Crippen MR) is 64.7 cm³/mol. The van der Waals surface area contributed by atoms with Crippen molar-refractivity contribution < 1.29 is 8.78 Å². The normalized spacial score (nSPS) is 10.6. The summed E-state index contributed by atoms with van der Waals surface area (Å²) >= 11 is 5.99. The fourth-order valence-electron chi connectivity index (χ4n) is 1.60. The van der Waals surface area contributed by atoms with Crippen molar-refractivity contribution in [2.24, 2.45) is 5.73 Å². The minimum absolute atomic E-state index is 0.317. The molecule has 0 unspecified atom stereocenters. The van der Waals surface area contributed by atoms with E-state index in [0.29, 0.717) is 22.7 Å². The number of rotatable bonds is 2. The van der Waals surface area contributed by atoms with Crippen molar-refractivity contribution in [3.05, 3.63) is 58.6 Å². The zero-order valence-corrected chi connectivity index (χ0v) is 9.64. The van der Waals surface area contributed by atoms with Gasteiger partial charge in [-0.3, -0.25) is 0 Å². The Labute approximate surface area is 103 Å². The van der Waals surface area contributed by atoms with Gasteiger partial charge >= 0.3 is 0 Å². The zero-order chi connectivity index (χ0) is 12.4. The van der Waals surface area contributed by atoms with E-state index in [2.05, 4.69) is 0 Å². The number of hydrogen-bond acceptors (Lipinski definition) is 1. The van der Waals surface area contributed by atoms with E-state index in [1.54, 1.807) is 18.2 Å². The predicted octanol–water partition coefficient (Wildman–Crippen LogP) is 3.74. The van der Waals surface area contributed by atoms with E-state index in [0.717, 1.165) is 11.6 Å². The third kappa shape index (κ3) is 2.46. The van der Waals surface area contributed by atoms with E-state index in [1.165, 1.54) is 12.1 Å². The van der Waals surface area contributed by atoms with Crippen molar-refractivity contribution in [3.8, 4) is 11.1 Å². The summed E-state index contributed by atoms with van der Waals surface area (Å²) in [5.74, 6) is -1.21. The summed E-state index contributed by atoms with van der Waals surface area (Å²) in [5.41, 5.74) is 7.19. The molecule has 0 aliphatic carbocycles. The lowest BCUT2D eigenvalue weighted by molar-refractivity contribution is 0.585. The zero-order valence-electron chi connectivity index (χ0n) is 8.88. The van der Waals surface area contributed by atoms with Gasteiger partial charge in [-0.2, -0.15) is 0 Å². The first-order valence-corrected chi connectivity index (χ1v) is 5.43. The molecule has 0 saturated heterocycles.